The van der Waals surface area contributed by atoms with Crippen LogP contribution in [-0.4, -0.2) is 39.7 Å². The second-order valence-corrected chi connectivity index (χ2v) is 8.15. The Hall–Kier alpha value is -1.58. The van der Waals surface area contributed by atoms with Gasteiger partial charge in [-0.05, 0) is 26.0 Å². The summed E-state index contributed by atoms with van der Waals surface area (Å²) in [6, 6.07) is 9.70. The van der Waals surface area contributed by atoms with Gasteiger partial charge in [-0.15, -0.1) is 22.0 Å². The number of thioether (sulfide) groups is 2. The fraction of sp³-hybridized carbons (Fsp3) is 0.333. The van der Waals surface area contributed by atoms with Crippen LogP contribution in [0.15, 0.2) is 39.6 Å². The second-order valence-electron chi connectivity index (χ2n) is 4.54. The molecule has 1 N–H and O–H groups in total. The summed E-state index contributed by atoms with van der Waals surface area (Å²) in [5.74, 6) is -0.136. The summed E-state index contributed by atoms with van der Waals surface area (Å²) < 4.78 is 5.56. The van der Waals surface area contributed by atoms with Gasteiger partial charge in [-0.2, -0.15) is 0 Å². The molecule has 2 aromatic rings. The number of nitrogens with one attached hydrogen (secondary N) is 1. The largest absolute Gasteiger partial charge is 0.465 e. The Morgan fingerprint density at radius 1 is 1.29 bits per heavy atom. The molecule has 1 heterocycles. The Labute approximate surface area is 152 Å². The summed E-state index contributed by atoms with van der Waals surface area (Å²) in [7, 11) is 0. The van der Waals surface area contributed by atoms with Gasteiger partial charge in [-0.1, -0.05) is 41.3 Å². The molecule has 0 aliphatic carbocycles. The average Bonchev–Trinajstić information content (AvgIpc) is 3.01. The van der Waals surface area contributed by atoms with E-state index in [2.05, 4.69) is 15.5 Å². The first kappa shape index (κ1) is 18.8. The number of anilines is 1. The number of amides is 1. The molecule has 1 aromatic carbocycles. The molecule has 24 heavy (non-hydrogen) atoms. The van der Waals surface area contributed by atoms with Crippen molar-refractivity contribution >= 4 is 51.9 Å². The lowest BCUT2D eigenvalue weighted by atomic mass is 10.4. The van der Waals surface area contributed by atoms with Gasteiger partial charge >= 0.3 is 5.97 Å². The van der Waals surface area contributed by atoms with Crippen molar-refractivity contribution in [2.75, 3.05) is 17.7 Å². The minimum Gasteiger partial charge on any atom is -0.465 e. The molecule has 0 saturated carbocycles. The van der Waals surface area contributed by atoms with Crippen molar-refractivity contribution in [3.8, 4) is 0 Å². The molecule has 6 nitrogen and oxygen atoms in total. The summed E-state index contributed by atoms with van der Waals surface area (Å²) in [6.07, 6.45) is 0. The zero-order valence-electron chi connectivity index (χ0n) is 13.2. The molecule has 1 aromatic heterocycles. The van der Waals surface area contributed by atoms with Crippen LogP contribution in [0.3, 0.4) is 0 Å². The highest BCUT2D eigenvalue weighted by Crippen LogP contribution is 2.29. The van der Waals surface area contributed by atoms with Gasteiger partial charge in [0.1, 0.15) is 5.25 Å². The quantitative estimate of drug-likeness (QED) is 0.425. The van der Waals surface area contributed by atoms with E-state index in [9.17, 15) is 9.59 Å². The van der Waals surface area contributed by atoms with Crippen LogP contribution in [0.5, 0.6) is 0 Å². The molecule has 0 aliphatic rings. The van der Waals surface area contributed by atoms with Crippen LogP contribution in [0.25, 0.3) is 0 Å². The molecule has 0 radical (unpaired) electrons. The number of ether oxygens (including phenoxy) is 1. The zero-order chi connectivity index (χ0) is 17.4. The normalized spacial score (nSPS) is 11.8. The number of benzene rings is 1. The third kappa shape index (κ3) is 6.14. The highest BCUT2D eigenvalue weighted by Gasteiger charge is 2.18. The molecule has 128 valence electrons. The summed E-state index contributed by atoms with van der Waals surface area (Å²) in [4.78, 5) is 24.6. The number of carbonyl (C=O) groups excluding carboxylic acids is 2. The Kier molecular flexibility index (Phi) is 7.54. The molecule has 0 spiro atoms. The average molecular weight is 384 g/mol. The molecule has 9 heteroatoms. The molecule has 0 aliphatic heterocycles. The van der Waals surface area contributed by atoms with Gasteiger partial charge in [0.2, 0.25) is 11.0 Å². The maximum atomic E-state index is 11.9. The van der Waals surface area contributed by atoms with E-state index >= 15 is 0 Å². The molecule has 2 rings (SSSR count). The maximum absolute atomic E-state index is 11.9. The molecule has 0 fully saturated rings. The lowest BCUT2D eigenvalue weighted by molar-refractivity contribution is -0.142. The Bertz CT molecular complexity index is 679. The first-order valence-electron chi connectivity index (χ1n) is 7.23. The predicted octanol–water partition coefficient (Wildman–Crippen LogP) is 3.31. The highest BCUT2D eigenvalue weighted by molar-refractivity contribution is 8.02. The molecule has 0 unspecified atom stereocenters. The number of esters is 1. The smallest absolute Gasteiger partial charge is 0.319 e. The number of aromatic nitrogens is 2. The van der Waals surface area contributed by atoms with Gasteiger partial charge in [-0.3, -0.25) is 14.9 Å². The van der Waals surface area contributed by atoms with Crippen molar-refractivity contribution in [1.29, 1.82) is 0 Å². The maximum Gasteiger partial charge on any atom is 0.319 e. The van der Waals surface area contributed by atoms with Crippen LogP contribution in [0.1, 0.15) is 13.8 Å². The SMILES string of the molecule is CCOC(=O)[C@H](C)Sc1nnc(NC(=O)CSc2ccccc2)s1. The van der Waals surface area contributed by atoms with E-state index in [-0.39, 0.29) is 17.1 Å². The molecular weight excluding hydrogens is 366 g/mol. The molecule has 1 amide bonds. The first-order chi connectivity index (χ1) is 11.6. The van der Waals surface area contributed by atoms with Gasteiger partial charge in [-0.25, -0.2) is 0 Å². The van der Waals surface area contributed by atoms with Crippen molar-refractivity contribution in [1.82, 2.24) is 10.2 Å². The fourth-order valence-corrected chi connectivity index (χ4v) is 4.22. The third-order valence-corrected chi connectivity index (χ3v) is 5.68. The van der Waals surface area contributed by atoms with Crippen LogP contribution in [0.2, 0.25) is 0 Å². The molecular formula is C15H17N3O3S3. The van der Waals surface area contributed by atoms with Gasteiger partial charge in [0.25, 0.3) is 0 Å². The van der Waals surface area contributed by atoms with Crippen molar-refractivity contribution in [3.05, 3.63) is 30.3 Å². The van der Waals surface area contributed by atoms with Crippen molar-refractivity contribution < 1.29 is 14.3 Å². The topological polar surface area (TPSA) is 81.2 Å². The lowest BCUT2D eigenvalue weighted by Crippen LogP contribution is -2.16. The number of hydrogen-bond acceptors (Lipinski definition) is 8. The summed E-state index contributed by atoms with van der Waals surface area (Å²) in [6.45, 7) is 3.86. The summed E-state index contributed by atoms with van der Waals surface area (Å²) in [5.41, 5.74) is 0. The van der Waals surface area contributed by atoms with Gasteiger partial charge in [0, 0.05) is 4.90 Å². The van der Waals surface area contributed by atoms with E-state index in [4.69, 9.17) is 4.74 Å². The van der Waals surface area contributed by atoms with E-state index < -0.39 is 0 Å². The van der Waals surface area contributed by atoms with E-state index in [0.717, 1.165) is 4.90 Å². The predicted molar refractivity (Wildman–Crippen MR) is 97.7 cm³/mol. The number of hydrogen-bond donors (Lipinski definition) is 1. The van der Waals surface area contributed by atoms with E-state index in [0.29, 0.717) is 21.8 Å². The minimum atomic E-state index is -0.366. The van der Waals surface area contributed by atoms with E-state index in [1.807, 2.05) is 30.3 Å². The Balaban J connectivity index is 1.80. The first-order valence-corrected chi connectivity index (χ1v) is 9.91. The van der Waals surface area contributed by atoms with Crippen molar-refractivity contribution in [3.63, 3.8) is 0 Å². The lowest BCUT2D eigenvalue weighted by Gasteiger charge is -2.06. The van der Waals surface area contributed by atoms with E-state index in [1.165, 1.54) is 34.9 Å². The summed E-state index contributed by atoms with van der Waals surface area (Å²) >= 11 is 3.95. The van der Waals surface area contributed by atoms with Crippen LogP contribution < -0.4 is 5.32 Å². The highest BCUT2D eigenvalue weighted by atomic mass is 32.2. The number of carbonyl (C=O) groups is 2. The Morgan fingerprint density at radius 2 is 2.04 bits per heavy atom. The number of nitrogens with zero attached hydrogens (tertiary/aromatic N) is 2. The monoisotopic (exact) mass is 383 g/mol. The third-order valence-electron chi connectivity index (χ3n) is 2.66. The van der Waals surface area contributed by atoms with Crippen LogP contribution in [0, 0.1) is 0 Å². The van der Waals surface area contributed by atoms with E-state index in [1.54, 1.807) is 13.8 Å². The molecule has 0 saturated heterocycles. The van der Waals surface area contributed by atoms with Gasteiger partial charge in [0.15, 0.2) is 4.34 Å². The zero-order valence-corrected chi connectivity index (χ0v) is 15.7. The van der Waals surface area contributed by atoms with Crippen LogP contribution in [-0.2, 0) is 14.3 Å². The minimum absolute atomic E-state index is 0.144. The standard InChI is InChI=1S/C15H17N3O3S3/c1-3-21-13(20)10(2)23-15-18-17-14(24-15)16-12(19)9-22-11-7-5-4-6-8-11/h4-8,10H,3,9H2,1-2H3,(H,16,17,19)/t10-/m0/s1. The Morgan fingerprint density at radius 3 is 2.75 bits per heavy atom. The number of rotatable bonds is 8. The fourth-order valence-electron chi connectivity index (χ4n) is 1.59. The summed E-state index contributed by atoms with van der Waals surface area (Å²) in [5, 5.41) is 10.7. The second kappa shape index (κ2) is 9.65. The van der Waals surface area contributed by atoms with Crippen LogP contribution in [0.4, 0.5) is 5.13 Å². The van der Waals surface area contributed by atoms with Crippen molar-refractivity contribution in [2.45, 2.75) is 28.3 Å². The van der Waals surface area contributed by atoms with Crippen LogP contribution >= 0.6 is 34.9 Å². The van der Waals surface area contributed by atoms with Gasteiger partial charge < -0.3 is 4.74 Å². The molecule has 1 atom stereocenters. The van der Waals surface area contributed by atoms with Gasteiger partial charge in [0.05, 0.1) is 12.4 Å². The molecule has 0 bridgehead atoms. The van der Waals surface area contributed by atoms with Crippen molar-refractivity contribution in [2.24, 2.45) is 0 Å².